The number of nitrogens with zero attached hydrogens (tertiary/aromatic N) is 3. The fourth-order valence-electron chi connectivity index (χ4n) is 4.12. The van der Waals surface area contributed by atoms with Crippen LogP contribution in [0, 0.1) is 12.7 Å². The van der Waals surface area contributed by atoms with Crippen molar-refractivity contribution in [3.63, 3.8) is 0 Å². The first-order chi connectivity index (χ1) is 15.8. The summed E-state index contributed by atoms with van der Waals surface area (Å²) < 4.78 is 45.6. The summed E-state index contributed by atoms with van der Waals surface area (Å²) in [4.78, 5) is 19.6. The first-order valence-corrected chi connectivity index (χ1v) is 12.3. The summed E-state index contributed by atoms with van der Waals surface area (Å²) >= 11 is 0. The third kappa shape index (κ3) is 4.75. The van der Waals surface area contributed by atoms with Crippen LogP contribution in [0.5, 0.6) is 0 Å². The Morgan fingerprint density at radius 3 is 2.39 bits per heavy atom. The van der Waals surface area contributed by atoms with Gasteiger partial charge in [0, 0.05) is 38.1 Å². The Hall–Kier alpha value is -2.88. The number of pyridine rings is 1. The van der Waals surface area contributed by atoms with Crippen molar-refractivity contribution in [1.29, 1.82) is 0 Å². The number of carbonyl (C=O) groups excluding carboxylic acids is 1. The number of carbonyl (C=O) groups is 1. The monoisotopic (exact) mass is 471 g/mol. The lowest BCUT2D eigenvalue weighted by atomic mass is 10.0. The SMILES string of the molecule is CCOC(=O)c1c(CN2CCN(S(=O)(=O)c3ccc(F)cc3)CC2)nc2ccccc2c1C. The summed E-state index contributed by atoms with van der Waals surface area (Å²) in [6.07, 6.45) is 0. The van der Waals surface area contributed by atoms with Crippen LogP contribution < -0.4 is 0 Å². The Morgan fingerprint density at radius 2 is 1.73 bits per heavy atom. The second-order valence-electron chi connectivity index (χ2n) is 7.93. The normalized spacial score (nSPS) is 15.6. The van der Waals surface area contributed by atoms with Gasteiger partial charge in [0.25, 0.3) is 0 Å². The highest BCUT2D eigenvalue weighted by atomic mass is 32.2. The second-order valence-corrected chi connectivity index (χ2v) is 9.87. The minimum atomic E-state index is -3.69. The fourth-order valence-corrected chi connectivity index (χ4v) is 5.55. The number of hydrogen-bond acceptors (Lipinski definition) is 6. The number of rotatable bonds is 6. The summed E-state index contributed by atoms with van der Waals surface area (Å²) in [5.41, 5.74) is 2.72. The molecule has 0 atom stereocenters. The van der Waals surface area contributed by atoms with Crippen LogP contribution in [0.1, 0.15) is 28.5 Å². The topological polar surface area (TPSA) is 79.8 Å². The van der Waals surface area contributed by atoms with Crippen molar-refractivity contribution in [1.82, 2.24) is 14.2 Å². The van der Waals surface area contributed by atoms with Crippen LogP contribution in [0.4, 0.5) is 4.39 Å². The van der Waals surface area contributed by atoms with E-state index in [9.17, 15) is 17.6 Å². The number of halogens is 1. The van der Waals surface area contributed by atoms with Crippen molar-refractivity contribution in [2.24, 2.45) is 0 Å². The number of benzene rings is 2. The van der Waals surface area contributed by atoms with Gasteiger partial charge in [0.1, 0.15) is 5.82 Å². The molecule has 174 valence electrons. The van der Waals surface area contributed by atoms with E-state index < -0.39 is 21.8 Å². The number of fused-ring (bicyclic) bond motifs is 1. The van der Waals surface area contributed by atoms with Crippen LogP contribution in [0.2, 0.25) is 0 Å². The van der Waals surface area contributed by atoms with E-state index in [2.05, 4.69) is 4.90 Å². The second kappa shape index (κ2) is 9.54. The molecule has 2 heterocycles. The first-order valence-electron chi connectivity index (χ1n) is 10.8. The summed E-state index contributed by atoms with van der Waals surface area (Å²) in [7, 11) is -3.69. The summed E-state index contributed by atoms with van der Waals surface area (Å²) in [5, 5.41) is 0.902. The number of sulfonamides is 1. The molecule has 0 aliphatic carbocycles. The number of aryl methyl sites for hydroxylation is 1. The van der Waals surface area contributed by atoms with E-state index in [0.717, 1.165) is 28.6 Å². The van der Waals surface area contributed by atoms with Crippen LogP contribution in [-0.2, 0) is 21.3 Å². The molecule has 33 heavy (non-hydrogen) atoms. The fraction of sp³-hybridized carbons (Fsp3) is 0.333. The maximum Gasteiger partial charge on any atom is 0.340 e. The molecule has 1 saturated heterocycles. The van der Waals surface area contributed by atoms with Crippen LogP contribution in [-0.4, -0.2) is 61.4 Å². The van der Waals surface area contributed by atoms with Gasteiger partial charge in [-0.1, -0.05) is 18.2 Å². The minimum Gasteiger partial charge on any atom is -0.462 e. The molecule has 0 unspecified atom stereocenters. The number of aromatic nitrogens is 1. The Balaban J connectivity index is 1.54. The van der Waals surface area contributed by atoms with Gasteiger partial charge in [-0.25, -0.2) is 17.6 Å². The van der Waals surface area contributed by atoms with Crippen molar-refractivity contribution in [2.45, 2.75) is 25.3 Å². The van der Waals surface area contributed by atoms with E-state index in [1.54, 1.807) is 6.92 Å². The lowest BCUT2D eigenvalue weighted by molar-refractivity contribution is 0.0522. The highest BCUT2D eigenvalue weighted by molar-refractivity contribution is 7.89. The van der Waals surface area contributed by atoms with Crippen LogP contribution in [0.25, 0.3) is 10.9 Å². The Morgan fingerprint density at radius 1 is 1.06 bits per heavy atom. The minimum absolute atomic E-state index is 0.0776. The van der Waals surface area contributed by atoms with E-state index in [1.807, 2.05) is 31.2 Å². The molecule has 0 bridgehead atoms. The first kappa shape index (κ1) is 23.3. The smallest absolute Gasteiger partial charge is 0.340 e. The third-order valence-electron chi connectivity index (χ3n) is 5.86. The van der Waals surface area contributed by atoms with Crippen LogP contribution >= 0.6 is 0 Å². The van der Waals surface area contributed by atoms with Crippen LogP contribution in [0.15, 0.2) is 53.4 Å². The molecule has 0 N–H and O–H groups in total. The standard InChI is InChI=1S/C24H26FN3O4S/c1-3-32-24(29)23-17(2)20-6-4-5-7-21(20)26-22(23)16-27-12-14-28(15-13-27)33(30,31)19-10-8-18(25)9-11-19/h4-11H,3,12-16H2,1-2H3. The lowest BCUT2D eigenvalue weighted by Gasteiger charge is -2.34. The maximum atomic E-state index is 13.2. The molecule has 0 amide bonds. The highest BCUT2D eigenvalue weighted by Crippen LogP contribution is 2.25. The molecule has 1 aromatic heterocycles. The molecule has 0 radical (unpaired) electrons. The van der Waals surface area contributed by atoms with Crippen molar-refractivity contribution in [3.8, 4) is 0 Å². The van der Waals surface area contributed by atoms with E-state index in [0.29, 0.717) is 44.0 Å². The molecule has 1 fully saturated rings. The zero-order valence-corrected chi connectivity index (χ0v) is 19.4. The molecule has 1 aliphatic rings. The van der Waals surface area contributed by atoms with Gasteiger partial charge in [0.05, 0.1) is 28.3 Å². The van der Waals surface area contributed by atoms with E-state index in [-0.39, 0.29) is 11.5 Å². The summed E-state index contributed by atoms with van der Waals surface area (Å²) in [6.45, 7) is 5.89. The summed E-state index contributed by atoms with van der Waals surface area (Å²) in [6, 6.07) is 12.5. The zero-order chi connectivity index (χ0) is 23.6. The average molecular weight is 472 g/mol. The molecule has 3 aromatic rings. The molecular formula is C24H26FN3O4S. The van der Waals surface area contributed by atoms with E-state index in [4.69, 9.17) is 9.72 Å². The van der Waals surface area contributed by atoms with Gasteiger partial charge in [0.2, 0.25) is 10.0 Å². The van der Waals surface area contributed by atoms with Crippen molar-refractivity contribution >= 4 is 26.9 Å². The van der Waals surface area contributed by atoms with Gasteiger partial charge in [0.15, 0.2) is 0 Å². The zero-order valence-electron chi connectivity index (χ0n) is 18.6. The highest BCUT2D eigenvalue weighted by Gasteiger charge is 2.30. The Kier molecular flexibility index (Phi) is 6.73. The van der Waals surface area contributed by atoms with Crippen molar-refractivity contribution in [3.05, 3.63) is 71.2 Å². The predicted molar refractivity (Wildman–Crippen MR) is 123 cm³/mol. The molecular weight excluding hydrogens is 445 g/mol. The molecule has 7 nitrogen and oxygen atoms in total. The quantitative estimate of drug-likeness (QED) is 0.513. The molecule has 1 aliphatic heterocycles. The molecule has 2 aromatic carbocycles. The van der Waals surface area contributed by atoms with Crippen molar-refractivity contribution < 1.29 is 22.3 Å². The van der Waals surface area contributed by atoms with E-state index in [1.165, 1.54) is 16.4 Å². The van der Waals surface area contributed by atoms with Gasteiger partial charge in [-0.15, -0.1) is 0 Å². The molecule has 4 rings (SSSR count). The Bertz CT molecular complexity index is 1270. The van der Waals surface area contributed by atoms with E-state index >= 15 is 0 Å². The number of para-hydroxylation sites is 1. The molecule has 0 spiro atoms. The van der Waals surface area contributed by atoms with Crippen LogP contribution in [0.3, 0.4) is 0 Å². The number of esters is 1. The maximum absolute atomic E-state index is 13.2. The summed E-state index contributed by atoms with van der Waals surface area (Å²) in [5.74, 6) is -0.880. The molecule has 0 saturated carbocycles. The van der Waals surface area contributed by atoms with Gasteiger partial charge < -0.3 is 4.74 Å². The van der Waals surface area contributed by atoms with Gasteiger partial charge in [-0.3, -0.25) is 9.88 Å². The number of piperazine rings is 1. The van der Waals surface area contributed by atoms with Gasteiger partial charge >= 0.3 is 5.97 Å². The average Bonchev–Trinajstić information content (AvgIpc) is 2.80. The number of ether oxygens (including phenoxy) is 1. The number of hydrogen-bond donors (Lipinski definition) is 0. The molecule has 9 heteroatoms. The van der Waals surface area contributed by atoms with Gasteiger partial charge in [-0.2, -0.15) is 4.31 Å². The Labute approximate surface area is 192 Å². The van der Waals surface area contributed by atoms with Gasteiger partial charge in [-0.05, 0) is 49.7 Å². The van der Waals surface area contributed by atoms with Crippen molar-refractivity contribution in [2.75, 3.05) is 32.8 Å². The lowest BCUT2D eigenvalue weighted by Crippen LogP contribution is -2.48. The third-order valence-corrected chi connectivity index (χ3v) is 7.78. The largest absolute Gasteiger partial charge is 0.462 e. The predicted octanol–water partition coefficient (Wildman–Crippen LogP) is 3.37.